The highest BCUT2D eigenvalue weighted by molar-refractivity contribution is 5.82. The van der Waals surface area contributed by atoms with Crippen LogP contribution in [0.4, 0.5) is 0 Å². The standard InChI is InChI=1S/C12H24N2O/c1-4-5-7-10(13)11(15)14-9-6-8-12(14,2)3/h10H,4-9,13H2,1-3H3/t10-/m0/s1. The van der Waals surface area contributed by atoms with Crippen LogP contribution in [0.2, 0.25) is 0 Å². The quantitative estimate of drug-likeness (QED) is 0.773. The largest absolute Gasteiger partial charge is 0.336 e. The van der Waals surface area contributed by atoms with Gasteiger partial charge in [0.15, 0.2) is 0 Å². The predicted molar refractivity (Wildman–Crippen MR) is 62.5 cm³/mol. The van der Waals surface area contributed by atoms with E-state index < -0.39 is 0 Å². The molecule has 1 heterocycles. The summed E-state index contributed by atoms with van der Waals surface area (Å²) < 4.78 is 0. The van der Waals surface area contributed by atoms with Crippen LogP contribution in [0.5, 0.6) is 0 Å². The molecule has 1 saturated heterocycles. The number of hydrogen-bond acceptors (Lipinski definition) is 2. The van der Waals surface area contributed by atoms with Gasteiger partial charge >= 0.3 is 0 Å². The molecule has 0 aromatic rings. The molecule has 3 heteroatoms. The zero-order valence-corrected chi connectivity index (χ0v) is 10.3. The number of carbonyl (C=O) groups excluding carboxylic acids is 1. The third-order valence-corrected chi connectivity index (χ3v) is 3.35. The monoisotopic (exact) mass is 212 g/mol. The Balaban J connectivity index is 2.52. The summed E-state index contributed by atoms with van der Waals surface area (Å²) in [7, 11) is 0. The Hall–Kier alpha value is -0.570. The maximum atomic E-state index is 12.1. The second-order valence-corrected chi connectivity index (χ2v) is 5.15. The highest BCUT2D eigenvalue weighted by atomic mass is 16.2. The Kier molecular flexibility index (Phi) is 4.14. The molecule has 0 aliphatic carbocycles. The molecule has 1 rings (SSSR count). The molecule has 88 valence electrons. The molecule has 15 heavy (non-hydrogen) atoms. The Morgan fingerprint density at radius 3 is 2.67 bits per heavy atom. The molecule has 1 amide bonds. The van der Waals surface area contributed by atoms with Crippen molar-refractivity contribution in [3.63, 3.8) is 0 Å². The van der Waals surface area contributed by atoms with Gasteiger partial charge in [0.05, 0.1) is 6.04 Å². The van der Waals surface area contributed by atoms with Crippen molar-refractivity contribution in [2.45, 2.75) is 64.5 Å². The molecule has 1 fully saturated rings. The summed E-state index contributed by atoms with van der Waals surface area (Å²) in [4.78, 5) is 14.0. The smallest absolute Gasteiger partial charge is 0.239 e. The van der Waals surface area contributed by atoms with Crippen LogP contribution in [0.15, 0.2) is 0 Å². The molecule has 3 nitrogen and oxygen atoms in total. The molecule has 0 unspecified atom stereocenters. The van der Waals surface area contributed by atoms with Gasteiger partial charge in [-0.15, -0.1) is 0 Å². The van der Waals surface area contributed by atoms with E-state index in [0.29, 0.717) is 0 Å². The van der Waals surface area contributed by atoms with Crippen LogP contribution in [0.1, 0.15) is 52.9 Å². The van der Waals surface area contributed by atoms with Crippen molar-refractivity contribution in [3.05, 3.63) is 0 Å². The summed E-state index contributed by atoms with van der Waals surface area (Å²) >= 11 is 0. The summed E-state index contributed by atoms with van der Waals surface area (Å²) in [5.41, 5.74) is 5.93. The first kappa shape index (κ1) is 12.5. The van der Waals surface area contributed by atoms with Crippen molar-refractivity contribution in [2.24, 2.45) is 5.73 Å². The van der Waals surface area contributed by atoms with Gasteiger partial charge in [-0.25, -0.2) is 0 Å². The van der Waals surface area contributed by atoms with Gasteiger partial charge in [0.1, 0.15) is 0 Å². The van der Waals surface area contributed by atoms with E-state index in [1.807, 2.05) is 4.90 Å². The van der Waals surface area contributed by atoms with Crippen LogP contribution in [0, 0.1) is 0 Å². The third-order valence-electron chi connectivity index (χ3n) is 3.35. The van der Waals surface area contributed by atoms with Crippen molar-refractivity contribution in [1.82, 2.24) is 4.90 Å². The number of likely N-dealkylation sites (tertiary alicyclic amines) is 1. The minimum absolute atomic E-state index is 0.0148. The lowest BCUT2D eigenvalue weighted by atomic mass is 10.0. The lowest BCUT2D eigenvalue weighted by Crippen LogP contribution is -2.50. The maximum absolute atomic E-state index is 12.1. The third kappa shape index (κ3) is 2.94. The van der Waals surface area contributed by atoms with Crippen molar-refractivity contribution in [1.29, 1.82) is 0 Å². The maximum Gasteiger partial charge on any atom is 0.239 e. The average Bonchev–Trinajstić information content (AvgIpc) is 2.53. The van der Waals surface area contributed by atoms with Gasteiger partial charge in [-0.05, 0) is 33.1 Å². The molecule has 0 radical (unpaired) electrons. The Morgan fingerprint density at radius 2 is 2.20 bits per heavy atom. The summed E-state index contributed by atoms with van der Waals surface area (Å²) in [6.07, 6.45) is 5.17. The van der Waals surface area contributed by atoms with Crippen LogP contribution in [0.25, 0.3) is 0 Å². The van der Waals surface area contributed by atoms with Crippen LogP contribution in [-0.4, -0.2) is 28.9 Å². The van der Waals surface area contributed by atoms with E-state index in [4.69, 9.17) is 5.73 Å². The molecular formula is C12H24N2O. The zero-order valence-electron chi connectivity index (χ0n) is 10.3. The van der Waals surface area contributed by atoms with Gasteiger partial charge in [0, 0.05) is 12.1 Å². The number of carbonyl (C=O) groups is 1. The lowest BCUT2D eigenvalue weighted by molar-refractivity contribution is -0.135. The van der Waals surface area contributed by atoms with E-state index in [0.717, 1.165) is 38.6 Å². The van der Waals surface area contributed by atoms with Gasteiger partial charge < -0.3 is 10.6 Å². The highest BCUT2D eigenvalue weighted by Crippen LogP contribution is 2.28. The lowest BCUT2D eigenvalue weighted by Gasteiger charge is -2.33. The van der Waals surface area contributed by atoms with E-state index in [2.05, 4.69) is 20.8 Å². The molecule has 1 atom stereocenters. The Labute approximate surface area is 93.0 Å². The number of amides is 1. The normalized spacial score (nSPS) is 21.7. The van der Waals surface area contributed by atoms with Gasteiger partial charge in [-0.3, -0.25) is 4.79 Å². The Morgan fingerprint density at radius 1 is 1.53 bits per heavy atom. The fourth-order valence-electron chi connectivity index (χ4n) is 2.26. The van der Waals surface area contributed by atoms with Crippen LogP contribution >= 0.6 is 0 Å². The number of hydrogen-bond donors (Lipinski definition) is 1. The van der Waals surface area contributed by atoms with E-state index in [1.54, 1.807) is 0 Å². The second kappa shape index (κ2) is 4.97. The minimum atomic E-state index is -0.290. The molecule has 0 aromatic heterocycles. The van der Waals surface area contributed by atoms with Crippen LogP contribution in [-0.2, 0) is 4.79 Å². The van der Waals surface area contributed by atoms with Crippen molar-refractivity contribution in [3.8, 4) is 0 Å². The number of unbranched alkanes of at least 4 members (excludes halogenated alkanes) is 1. The van der Waals surface area contributed by atoms with Crippen molar-refractivity contribution in [2.75, 3.05) is 6.54 Å². The molecule has 0 saturated carbocycles. The van der Waals surface area contributed by atoms with E-state index in [1.165, 1.54) is 0 Å². The summed E-state index contributed by atoms with van der Waals surface area (Å²) in [6.45, 7) is 7.26. The number of nitrogens with zero attached hydrogens (tertiary/aromatic N) is 1. The Bertz CT molecular complexity index is 226. The number of rotatable bonds is 4. The van der Waals surface area contributed by atoms with Crippen LogP contribution in [0.3, 0.4) is 0 Å². The SMILES string of the molecule is CCCC[C@H](N)C(=O)N1CCCC1(C)C. The minimum Gasteiger partial charge on any atom is -0.336 e. The topological polar surface area (TPSA) is 46.3 Å². The van der Waals surface area contributed by atoms with Gasteiger partial charge in [0.2, 0.25) is 5.91 Å². The second-order valence-electron chi connectivity index (χ2n) is 5.15. The molecule has 1 aliphatic rings. The van der Waals surface area contributed by atoms with Crippen LogP contribution < -0.4 is 5.73 Å². The molecule has 0 spiro atoms. The molecular weight excluding hydrogens is 188 g/mol. The average molecular weight is 212 g/mol. The first-order valence-corrected chi connectivity index (χ1v) is 6.06. The molecule has 0 bridgehead atoms. The van der Waals surface area contributed by atoms with Crippen molar-refractivity contribution >= 4 is 5.91 Å². The molecule has 2 N–H and O–H groups in total. The summed E-state index contributed by atoms with van der Waals surface area (Å²) in [5.74, 6) is 0.144. The first-order valence-electron chi connectivity index (χ1n) is 6.06. The predicted octanol–water partition coefficient (Wildman–Crippen LogP) is 1.90. The number of nitrogens with two attached hydrogens (primary N) is 1. The van der Waals surface area contributed by atoms with Gasteiger partial charge in [-0.1, -0.05) is 19.8 Å². The highest BCUT2D eigenvalue weighted by Gasteiger charge is 2.36. The fourth-order valence-corrected chi connectivity index (χ4v) is 2.26. The van der Waals surface area contributed by atoms with Gasteiger partial charge in [-0.2, -0.15) is 0 Å². The fraction of sp³-hybridized carbons (Fsp3) is 0.917. The first-order chi connectivity index (χ1) is 6.99. The zero-order chi connectivity index (χ0) is 11.5. The summed E-state index contributed by atoms with van der Waals surface area (Å²) in [6, 6.07) is -0.290. The van der Waals surface area contributed by atoms with Crippen molar-refractivity contribution < 1.29 is 4.79 Å². The molecule has 1 aliphatic heterocycles. The molecule has 0 aromatic carbocycles. The van der Waals surface area contributed by atoms with Gasteiger partial charge in [0.25, 0.3) is 0 Å². The van der Waals surface area contributed by atoms with E-state index in [9.17, 15) is 4.79 Å². The van der Waals surface area contributed by atoms with E-state index >= 15 is 0 Å². The van der Waals surface area contributed by atoms with E-state index in [-0.39, 0.29) is 17.5 Å². The summed E-state index contributed by atoms with van der Waals surface area (Å²) in [5, 5.41) is 0.